The maximum atomic E-state index is 14.2. The van der Waals surface area contributed by atoms with Crippen LogP contribution in [-0.2, 0) is 6.42 Å². The molecule has 1 heterocycles. The van der Waals surface area contributed by atoms with Crippen LogP contribution >= 0.6 is 0 Å². The average Bonchev–Trinajstić information content (AvgIpc) is 2.86. The van der Waals surface area contributed by atoms with Crippen LogP contribution in [0, 0.1) is 12.7 Å². The van der Waals surface area contributed by atoms with E-state index in [0.717, 1.165) is 29.6 Å². The third kappa shape index (κ3) is 2.97. The zero-order valence-electron chi connectivity index (χ0n) is 15.3. The molecule has 2 aromatic carbocycles. The van der Waals surface area contributed by atoms with Gasteiger partial charge in [-0.25, -0.2) is 4.39 Å². The smallest absolute Gasteiger partial charge is 0.165 e. The van der Waals surface area contributed by atoms with E-state index in [1.54, 1.807) is 16.8 Å². The van der Waals surface area contributed by atoms with Gasteiger partial charge in [-0.05, 0) is 48.7 Å². The number of fused-ring (bicyclic) bond motifs is 1. The number of aryl methyl sites for hydroxylation is 2. The normalized spacial score (nSPS) is 12.5. The van der Waals surface area contributed by atoms with Crippen LogP contribution in [0.1, 0.15) is 48.6 Å². The molecule has 0 aliphatic heterocycles. The van der Waals surface area contributed by atoms with E-state index < -0.39 is 0 Å². The fraction of sp³-hybridized carbons (Fsp3) is 0.333. The predicted octanol–water partition coefficient (Wildman–Crippen LogP) is 4.92. The first-order valence-corrected chi connectivity index (χ1v) is 8.70. The standard InChI is InChI=1S/C21H25FN2O/c1-5-6-16-17-11-13(2)7-9-19(17)24(23)21(16)14(3)15-8-10-20(25-4)18(22)12-15/h7-12,14H,5-6,23H2,1-4H3. The lowest BCUT2D eigenvalue weighted by molar-refractivity contribution is 0.386. The monoisotopic (exact) mass is 340 g/mol. The molecule has 3 aromatic rings. The minimum absolute atomic E-state index is 0.0142. The molecule has 3 rings (SSSR count). The highest BCUT2D eigenvalue weighted by Gasteiger charge is 2.22. The fourth-order valence-corrected chi connectivity index (χ4v) is 3.61. The molecule has 4 heteroatoms. The number of methoxy groups -OCH3 is 1. The van der Waals surface area contributed by atoms with Gasteiger partial charge in [-0.2, -0.15) is 0 Å². The van der Waals surface area contributed by atoms with E-state index in [9.17, 15) is 4.39 Å². The SMILES string of the molecule is CCCc1c(C(C)c2ccc(OC)c(F)c2)n(N)c2ccc(C)cc12. The Labute approximate surface area is 148 Å². The van der Waals surface area contributed by atoms with Crippen LogP contribution in [0.3, 0.4) is 0 Å². The first kappa shape index (κ1) is 17.3. The lowest BCUT2D eigenvalue weighted by Crippen LogP contribution is -2.16. The number of ether oxygens (including phenoxy) is 1. The molecule has 0 aliphatic rings. The molecule has 2 N–H and O–H groups in total. The maximum absolute atomic E-state index is 14.2. The van der Waals surface area contributed by atoms with Crippen LogP contribution in [0.5, 0.6) is 5.75 Å². The summed E-state index contributed by atoms with van der Waals surface area (Å²) < 4.78 is 21.0. The molecule has 0 saturated carbocycles. The van der Waals surface area contributed by atoms with Crippen molar-refractivity contribution in [2.75, 3.05) is 13.0 Å². The summed E-state index contributed by atoms with van der Waals surface area (Å²) in [6.45, 7) is 6.33. The summed E-state index contributed by atoms with van der Waals surface area (Å²) in [7, 11) is 1.47. The first-order valence-electron chi connectivity index (χ1n) is 8.70. The number of nitrogen functional groups attached to an aromatic ring is 1. The van der Waals surface area contributed by atoms with E-state index in [2.05, 4.69) is 39.0 Å². The second-order valence-electron chi connectivity index (χ2n) is 6.62. The summed E-state index contributed by atoms with van der Waals surface area (Å²) in [6.07, 6.45) is 1.98. The second kappa shape index (κ2) is 6.79. The lowest BCUT2D eigenvalue weighted by atomic mass is 9.92. The van der Waals surface area contributed by atoms with E-state index in [-0.39, 0.29) is 17.5 Å². The Hall–Kier alpha value is -2.49. The Balaban J connectivity index is 2.18. The maximum Gasteiger partial charge on any atom is 0.165 e. The average molecular weight is 340 g/mol. The highest BCUT2D eigenvalue weighted by atomic mass is 19.1. The molecule has 0 fully saturated rings. The summed E-state index contributed by atoms with van der Waals surface area (Å²) >= 11 is 0. The Morgan fingerprint density at radius 2 is 1.96 bits per heavy atom. The molecule has 0 spiro atoms. The molecule has 0 bridgehead atoms. The van der Waals surface area contributed by atoms with E-state index in [0.29, 0.717) is 0 Å². The lowest BCUT2D eigenvalue weighted by Gasteiger charge is -2.17. The van der Waals surface area contributed by atoms with E-state index in [1.807, 2.05) is 6.07 Å². The van der Waals surface area contributed by atoms with Gasteiger partial charge in [0.25, 0.3) is 0 Å². The van der Waals surface area contributed by atoms with Gasteiger partial charge in [0.1, 0.15) is 0 Å². The molecule has 1 unspecified atom stereocenters. The Kier molecular flexibility index (Phi) is 4.71. The number of rotatable bonds is 5. The molecule has 0 saturated heterocycles. The minimum Gasteiger partial charge on any atom is -0.494 e. The van der Waals surface area contributed by atoms with Gasteiger partial charge in [-0.3, -0.25) is 4.68 Å². The summed E-state index contributed by atoms with van der Waals surface area (Å²) in [5.74, 6) is 6.35. The van der Waals surface area contributed by atoms with Crippen molar-refractivity contribution in [1.82, 2.24) is 4.68 Å². The fourth-order valence-electron chi connectivity index (χ4n) is 3.61. The molecule has 0 amide bonds. The molecular formula is C21H25FN2O. The van der Waals surface area contributed by atoms with Crippen molar-refractivity contribution in [2.45, 2.75) is 39.5 Å². The van der Waals surface area contributed by atoms with Crippen LogP contribution < -0.4 is 10.6 Å². The number of nitrogens with two attached hydrogens (primary N) is 1. The van der Waals surface area contributed by atoms with Gasteiger partial charge in [0.15, 0.2) is 11.6 Å². The predicted molar refractivity (Wildman–Crippen MR) is 101 cm³/mol. The van der Waals surface area contributed by atoms with Gasteiger partial charge in [-0.15, -0.1) is 0 Å². The second-order valence-corrected chi connectivity index (χ2v) is 6.62. The van der Waals surface area contributed by atoms with Crippen LogP contribution in [0.15, 0.2) is 36.4 Å². The van der Waals surface area contributed by atoms with E-state index in [1.165, 1.54) is 23.6 Å². The summed E-state index contributed by atoms with van der Waals surface area (Å²) in [5, 5.41) is 1.19. The van der Waals surface area contributed by atoms with Gasteiger partial charge in [0.05, 0.1) is 18.3 Å². The summed E-state index contributed by atoms with van der Waals surface area (Å²) in [5.41, 5.74) is 5.43. The van der Waals surface area contributed by atoms with Crippen LogP contribution in [0.4, 0.5) is 4.39 Å². The number of benzene rings is 2. The quantitative estimate of drug-likeness (QED) is 0.670. The molecule has 0 aliphatic carbocycles. The zero-order chi connectivity index (χ0) is 18.1. The highest BCUT2D eigenvalue weighted by molar-refractivity contribution is 5.86. The number of nitrogens with zero attached hydrogens (tertiary/aromatic N) is 1. The summed E-state index contributed by atoms with van der Waals surface area (Å²) in [4.78, 5) is 0. The first-order chi connectivity index (χ1) is 12.0. The number of hydrogen-bond acceptors (Lipinski definition) is 2. The van der Waals surface area contributed by atoms with Crippen molar-refractivity contribution in [3.63, 3.8) is 0 Å². The molecule has 3 nitrogen and oxygen atoms in total. The Bertz CT molecular complexity index is 914. The Morgan fingerprint density at radius 1 is 1.20 bits per heavy atom. The van der Waals surface area contributed by atoms with Crippen molar-refractivity contribution >= 4 is 10.9 Å². The topological polar surface area (TPSA) is 40.2 Å². The largest absolute Gasteiger partial charge is 0.494 e. The van der Waals surface area contributed by atoms with Crippen molar-refractivity contribution in [3.05, 3.63) is 64.6 Å². The van der Waals surface area contributed by atoms with Crippen molar-refractivity contribution in [2.24, 2.45) is 0 Å². The molecule has 0 radical (unpaired) electrons. The minimum atomic E-state index is -0.348. The number of halogens is 1. The third-order valence-electron chi connectivity index (χ3n) is 4.89. The molecule has 132 valence electrons. The van der Waals surface area contributed by atoms with Gasteiger partial charge in [0, 0.05) is 11.3 Å². The molecule has 1 aromatic heterocycles. The Morgan fingerprint density at radius 3 is 2.60 bits per heavy atom. The van der Waals surface area contributed by atoms with Gasteiger partial charge in [-0.1, -0.05) is 38.0 Å². The van der Waals surface area contributed by atoms with Crippen molar-refractivity contribution in [3.8, 4) is 5.75 Å². The molecule has 1 atom stereocenters. The molecule has 25 heavy (non-hydrogen) atoms. The summed E-state index contributed by atoms with van der Waals surface area (Å²) in [6, 6.07) is 11.5. The third-order valence-corrected chi connectivity index (χ3v) is 4.89. The van der Waals surface area contributed by atoms with Crippen LogP contribution in [0.25, 0.3) is 10.9 Å². The van der Waals surface area contributed by atoms with Crippen molar-refractivity contribution in [1.29, 1.82) is 0 Å². The van der Waals surface area contributed by atoms with Crippen molar-refractivity contribution < 1.29 is 9.13 Å². The number of hydrogen-bond donors (Lipinski definition) is 1. The van der Waals surface area contributed by atoms with Gasteiger partial charge in [0.2, 0.25) is 0 Å². The van der Waals surface area contributed by atoms with Crippen LogP contribution in [0.2, 0.25) is 0 Å². The van der Waals surface area contributed by atoms with E-state index >= 15 is 0 Å². The zero-order valence-corrected chi connectivity index (χ0v) is 15.3. The van der Waals surface area contributed by atoms with Crippen LogP contribution in [-0.4, -0.2) is 11.8 Å². The van der Waals surface area contributed by atoms with E-state index in [4.69, 9.17) is 10.6 Å². The number of aromatic nitrogens is 1. The highest BCUT2D eigenvalue weighted by Crippen LogP contribution is 2.35. The van der Waals surface area contributed by atoms with Gasteiger partial charge < -0.3 is 10.6 Å². The molecular weight excluding hydrogens is 315 g/mol. The van der Waals surface area contributed by atoms with Gasteiger partial charge >= 0.3 is 0 Å².